The summed E-state index contributed by atoms with van der Waals surface area (Å²) in [5.41, 5.74) is 0.660. The highest BCUT2D eigenvalue weighted by atomic mass is 16.5. The Labute approximate surface area is 132 Å². The van der Waals surface area contributed by atoms with Crippen LogP contribution in [-0.4, -0.2) is 56.7 Å². The van der Waals surface area contributed by atoms with Crippen LogP contribution < -0.4 is 15.4 Å². The van der Waals surface area contributed by atoms with E-state index in [1.54, 1.807) is 30.3 Å². The fraction of sp³-hybridized carbons (Fsp3) is 0.471. The van der Waals surface area contributed by atoms with Gasteiger partial charge in [0.25, 0.3) is 5.91 Å². The van der Waals surface area contributed by atoms with Gasteiger partial charge in [0, 0.05) is 38.3 Å². The van der Waals surface area contributed by atoms with Gasteiger partial charge in [0.15, 0.2) is 0 Å². The fourth-order valence-electron chi connectivity index (χ4n) is 2.40. The Bertz CT molecular complexity index is 467. The van der Waals surface area contributed by atoms with Gasteiger partial charge in [0.05, 0.1) is 0 Å². The Balaban J connectivity index is 1.66. The molecule has 5 heteroatoms. The summed E-state index contributed by atoms with van der Waals surface area (Å²) in [5.74, 6) is 0.714. The highest BCUT2D eigenvalue weighted by Gasteiger charge is 2.09. The minimum atomic E-state index is -0.0319. The van der Waals surface area contributed by atoms with Gasteiger partial charge in [0.1, 0.15) is 12.4 Å². The predicted octanol–water partition coefficient (Wildman–Crippen LogP) is 1.28. The van der Waals surface area contributed by atoms with Gasteiger partial charge in [-0.1, -0.05) is 12.7 Å². The van der Waals surface area contributed by atoms with Crippen LogP contribution in [-0.2, 0) is 0 Å². The van der Waals surface area contributed by atoms with Crippen LogP contribution in [0.4, 0.5) is 0 Å². The molecule has 0 aromatic heterocycles. The Kier molecular flexibility index (Phi) is 6.93. The summed E-state index contributed by atoms with van der Waals surface area (Å²) in [7, 11) is 0. The van der Waals surface area contributed by atoms with Gasteiger partial charge >= 0.3 is 0 Å². The van der Waals surface area contributed by atoms with Crippen LogP contribution in [0.2, 0.25) is 0 Å². The number of nitrogens with one attached hydrogen (secondary N) is 2. The first kappa shape index (κ1) is 16.5. The lowest BCUT2D eigenvalue weighted by Crippen LogP contribution is -2.44. The van der Waals surface area contributed by atoms with Gasteiger partial charge in [-0.15, -0.1) is 0 Å². The topological polar surface area (TPSA) is 53.6 Å². The van der Waals surface area contributed by atoms with Crippen LogP contribution in [0.5, 0.6) is 5.75 Å². The Morgan fingerprint density at radius 3 is 2.73 bits per heavy atom. The maximum atomic E-state index is 12.0. The first-order valence-electron chi connectivity index (χ1n) is 7.84. The van der Waals surface area contributed by atoms with E-state index in [0.717, 1.165) is 44.9 Å². The summed E-state index contributed by atoms with van der Waals surface area (Å²) < 4.78 is 5.40. The molecule has 0 bridgehead atoms. The molecule has 22 heavy (non-hydrogen) atoms. The van der Waals surface area contributed by atoms with Crippen molar-refractivity contribution in [3.8, 4) is 5.75 Å². The summed E-state index contributed by atoms with van der Waals surface area (Å²) in [6.07, 6.45) is 2.67. The molecule has 1 aliphatic heterocycles. The number of benzene rings is 1. The molecule has 1 amide bonds. The van der Waals surface area contributed by atoms with Crippen molar-refractivity contribution in [2.24, 2.45) is 0 Å². The molecule has 1 aromatic carbocycles. The first-order valence-corrected chi connectivity index (χ1v) is 7.84. The van der Waals surface area contributed by atoms with Crippen molar-refractivity contribution >= 4 is 5.91 Å². The van der Waals surface area contributed by atoms with Crippen LogP contribution in [0.15, 0.2) is 36.9 Å². The van der Waals surface area contributed by atoms with Crippen molar-refractivity contribution in [1.29, 1.82) is 0 Å². The predicted molar refractivity (Wildman–Crippen MR) is 88.4 cm³/mol. The number of carbonyl (C=O) groups excluding carboxylic acids is 1. The third kappa shape index (κ3) is 5.50. The van der Waals surface area contributed by atoms with Gasteiger partial charge in [0.2, 0.25) is 0 Å². The van der Waals surface area contributed by atoms with Crippen LogP contribution in [0.1, 0.15) is 16.8 Å². The number of amides is 1. The van der Waals surface area contributed by atoms with Gasteiger partial charge in [-0.05, 0) is 37.2 Å². The number of hydrogen-bond acceptors (Lipinski definition) is 4. The van der Waals surface area contributed by atoms with E-state index in [2.05, 4.69) is 22.1 Å². The zero-order chi connectivity index (χ0) is 15.6. The van der Waals surface area contributed by atoms with Gasteiger partial charge in [-0.3, -0.25) is 4.79 Å². The molecule has 1 saturated heterocycles. The van der Waals surface area contributed by atoms with Gasteiger partial charge in [-0.25, -0.2) is 0 Å². The molecular formula is C17H25N3O2. The Morgan fingerprint density at radius 2 is 2.05 bits per heavy atom. The highest BCUT2D eigenvalue weighted by molar-refractivity contribution is 5.94. The molecule has 0 saturated carbocycles. The standard InChI is InChI=1S/C17H25N3O2/c1-2-14-22-16-6-4-15(5-7-16)17(21)19-8-3-11-20-12-9-18-10-13-20/h2,4-7,18H,1,3,8-14H2,(H,19,21). The van der Waals surface area contributed by atoms with E-state index in [-0.39, 0.29) is 5.91 Å². The number of ether oxygens (including phenoxy) is 1. The number of piperazine rings is 1. The summed E-state index contributed by atoms with van der Waals surface area (Å²) in [6, 6.07) is 7.17. The SMILES string of the molecule is C=CCOc1ccc(C(=O)NCCCN2CCNCC2)cc1. The molecule has 0 unspecified atom stereocenters. The van der Waals surface area contributed by atoms with E-state index in [4.69, 9.17) is 4.74 Å². The highest BCUT2D eigenvalue weighted by Crippen LogP contribution is 2.12. The number of nitrogens with zero attached hydrogens (tertiary/aromatic N) is 1. The van der Waals surface area contributed by atoms with Crippen molar-refractivity contribution in [1.82, 2.24) is 15.5 Å². The Hall–Kier alpha value is -1.85. The lowest BCUT2D eigenvalue weighted by Gasteiger charge is -2.27. The van der Waals surface area contributed by atoms with E-state index in [0.29, 0.717) is 18.7 Å². The number of carbonyl (C=O) groups is 1. The third-order valence-electron chi connectivity index (χ3n) is 3.63. The third-order valence-corrected chi connectivity index (χ3v) is 3.63. The molecule has 1 aromatic rings. The number of hydrogen-bond donors (Lipinski definition) is 2. The zero-order valence-corrected chi connectivity index (χ0v) is 13.0. The van der Waals surface area contributed by atoms with E-state index >= 15 is 0 Å². The van der Waals surface area contributed by atoms with E-state index in [9.17, 15) is 4.79 Å². The Morgan fingerprint density at radius 1 is 1.32 bits per heavy atom. The molecule has 2 N–H and O–H groups in total. The molecule has 0 spiro atoms. The second-order valence-electron chi connectivity index (χ2n) is 5.33. The average molecular weight is 303 g/mol. The summed E-state index contributed by atoms with van der Waals surface area (Å²) >= 11 is 0. The quantitative estimate of drug-likeness (QED) is 0.561. The summed E-state index contributed by atoms with van der Waals surface area (Å²) in [6.45, 7) is 10.1. The zero-order valence-electron chi connectivity index (χ0n) is 13.0. The molecule has 1 fully saturated rings. The minimum Gasteiger partial charge on any atom is -0.490 e. The maximum absolute atomic E-state index is 12.0. The lowest BCUT2D eigenvalue weighted by atomic mass is 10.2. The van der Waals surface area contributed by atoms with E-state index in [1.165, 1.54) is 0 Å². The molecule has 120 valence electrons. The lowest BCUT2D eigenvalue weighted by molar-refractivity contribution is 0.0951. The molecule has 0 radical (unpaired) electrons. The second-order valence-corrected chi connectivity index (χ2v) is 5.33. The van der Waals surface area contributed by atoms with E-state index < -0.39 is 0 Å². The molecule has 1 aliphatic rings. The van der Waals surface area contributed by atoms with Crippen molar-refractivity contribution in [3.63, 3.8) is 0 Å². The number of rotatable bonds is 8. The minimum absolute atomic E-state index is 0.0319. The van der Waals surface area contributed by atoms with Crippen molar-refractivity contribution in [3.05, 3.63) is 42.5 Å². The van der Waals surface area contributed by atoms with Crippen molar-refractivity contribution in [2.45, 2.75) is 6.42 Å². The molecule has 0 atom stereocenters. The van der Waals surface area contributed by atoms with Gasteiger partial charge < -0.3 is 20.3 Å². The maximum Gasteiger partial charge on any atom is 0.251 e. The molecule has 2 rings (SSSR count). The van der Waals surface area contributed by atoms with Gasteiger partial charge in [-0.2, -0.15) is 0 Å². The van der Waals surface area contributed by atoms with Crippen LogP contribution in [0.3, 0.4) is 0 Å². The van der Waals surface area contributed by atoms with Crippen LogP contribution in [0, 0.1) is 0 Å². The second kappa shape index (κ2) is 9.23. The monoisotopic (exact) mass is 303 g/mol. The van der Waals surface area contributed by atoms with E-state index in [1.807, 2.05) is 0 Å². The first-order chi connectivity index (χ1) is 10.8. The largest absolute Gasteiger partial charge is 0.490 e. The molecule has 1 heterocycles. The summed E-state index contributed by atoms with van der Waals surface area (Å²) in [5, 5.41) is 6.30. The van der Waals surface area contributed by atoms with Crippen LogP contribution >= 0.6 is 0 Å². The normalized spacial score (nSPS) is 15.3. The average Bonchev–Trinajstić information content (AvgIpc) is 2.58. The van der Waals surface area contributed by atoms with Crippen molar-refractivity contribution < 1.29 is 9.53 Å². The fourth-order valence-corrected chi connectivity index (χ4v) is 2.40. The van der Waals surface area contributed by atoms with Crippen LogP contribution in [0.25, 0.3) is 0 Å². The summed E-state index contributed by atoms with van der Waals surface area (Å²) in [4.78, 5) is 14.5. The smallest absolute Gasteiger partial charge is 0.251 e. The molecule has 5 nitrogen and oxygen atoms in total. The molecule has 0 aliphatic carbocycles. The molecular weight excluding hydrogens is 278 g/mol. The van der Waals surface area contributed by atoms with Crippen molar-refractivity contribution in [2.75, 3.05) is 45.9 Å².